The first-order chi connectivity index (χ1) is 12.6. The number of methoxy groups -OCH3 is 2. The Morgan fingerprint density at radius 3 is 2.35 bits per heavy atom. The summed E-state index contributed by atoms with van der Waals surface area (Å²) in [6.45, 7) is 3.92. The van der Waals surface area contributed by atoms with Crippen molar-refractivity contribution in [2.24, 2.45) is 0 Å². The second kappa shape index (κ2) is 7.52. The highest BCUT2D eigenvalue weighted by Gasteiger charge is 2.21. The summed E-state index contributed by atoms with van der Waals surface area (Å²) < 4.78 is 16.2. The van der Waals surface area contributed by atoms with Crippen molar-refractivity contribution in [3.05, 3.63) is 59.4 Å². The number of furan rings is 1. The van der Waals surface area contributed by atoms with Crippen LogP contribution < -0.4 is 14.8 Å². The van der Waals surface area contributed by atoms with Gasteiger partial charge in [0.2, 0.25) is 0 Å². The molecule has 0 aliphatic carbocycles. The molecule has 0 unspecified atom stereocenters. The summed E-state index contributed by atoms with van der Waals surface area (Å²) in [7, 11) is 3.25. The van der Waals surface area contributed by atoms with E-state index in [2.05, 4.69) is 5.32 Å². The number of hydrogen-bond donors (Lipinski definition) is 1. The predicted octanol–water partition coefficient (Wildman–Crippen LogP) is 4.64. The number of benzene rings is 2. The van der Waals surface area contributed by atoms with Crippen LogP contribution in [0.1, 0.15) is 41.1 Å². The number of carbonyl (C=O) groups excluding carboxylic acids is 1. The van der Waals surface area contributed by atoms with Crippen molar-refractivity contribution in [3.63, 3.8) is 0 Å². The minimum absolute atomic E-state index is 0.101. The molecule has 1 atom stereocenters. The van der Waals surface area contributed by atoms with Crippen LogP contribution in [-0.2, 0) is 0 Å². The highest BCUT2D eigenvalue weighted by atomic mass is 16.5. The van der Waals surface area contributed by atoms with E-state index in [9.17, 15) is 4.79 Å². The molecule has 5 heteroatoms. The topological polar surface area (TPSA) is 60.7 Å². The highest BCUT2D eigenvalue weighted by Crippen LogP contribution is 2.29. The van der Waals surface area contributed by atoms with Gasteiger partial charge >= 0.3 is 0 Å². The van der Waals surface area contributed by atoms with E-state index in [0.29, 0.717) is 11.3 Å². The molecule has 1 aromatic heterocycles. The maximum Gasteiger partial charge on any atom is 0.287 e. The molecule has 0 radical (unpaired) electrons. The van der Waals surface area contributed by atoms with Crippen molar-refractivity contribution >= 4 is 16.9 Å². The van der Waals surface area contributed by atoms with Gasteiger partial charge in [0.05, 0.1) is 20.3 Å². The van der Waals surface area contributed by atoms with E-state index in [1.165, 1.54) is 0 Å². The lowest BCUT2D eigenvalue weighted by Gasteiger charge is -2.17. The van der Waals surface area contributed by atoms with Gasteiger partial charge in [0.15, 0.2) is 5.76 Å². The number of amides is 1. The van der Waals surface area contributed by atoms with E-state index in [-0.39, 0.29) is 11.9 Å². The molecular formula is C21H23NO4. The lowest BCUT2D eigenvalue weighted by Crippen LogP contribution is -2.28. The summed E-state index contributed by atoms with van der Waals surface area (Å²) in [6.07, 6.45) is 0.769. The Bertz CT molecular complexity index is 912. The second-order valence-electron chi connectivity index (χ2n) is 6.13. The van der Waals surface area contributed by atoms with Crippen molar-refractivity contribution in [2.75, 3.05) is 14.2 Å². The molecule has 0 aliphatic heterocycles. The monoisotopic (exact) mass is 353 g/mol. The molecule has 0 aliphatic rings. The van der Waals surface area contributed by atoms with Gasteiger partial charge in [-0.15, -0.1) is 0 Å². The molecule has 3 aromatic rings. The molecule has 0 bridgehead atoms. The van der Waals surface area contributed by atoms with Crippen LogP contribution in [0.25, 0.3) is 11.0 Å². The number of carbonyl (C=O) groups is 1. The van der Waals surface area contributed by atoms with E-state index in [4.69, 9.17) is 13.9 Å². The zero-order valence-corrected chi connectivity index (χ0v) is 15.5. The van der Waals surface area contributed by atoms with Gasteiger partial charge in [-0.25, -0.2) is 0 Å². The van der Waals surface area contributed by atoms with Crippen LogP contribution in [0.2, 0.25) is 0 Å². The van der Waals surface area contributed by atoms with Gasteiger partial charge in [-0.1, -0.05) is 19.1 Å². The minimum atomic E-state index is -0.222. The molecule has 0 fully saturated rings. The largest absolute Gasteiger partial charge is 0.497 e. The smallest absolute Gasteiger partial charge is 0.287 e. The molecule has 2 aromatic carbocycles. The van der Waals surface area contributed by atoms with Crippen LogP contribution in [0.3, 0.4) is 0 Å². The summed E-state index contributed by atoms with van der Waals surface area (Å²) >= 11 is 0. The average Bonchev–Trinajstić information content (AvgIpc) is 3.02. The van der Waals surface area contributed by atoms with Crippen molar-refractivity contribution in [3.8, 4) is 11.5 Å². The third-order valence-corrected chi connectivity index (χ3v) is 4.58. The summed E-state index contributed by atoms with van der Waals surface area (Å²) in [5, 5.41) is 3.94. The number of fused-ring (bicyclic) bond motifs is 1. The molecule has 1 heterocycles. The van der Waals surface area contributed by atoms with Crippen molar-refractivity contribution < 1.29 is 18.7 Å². The molecule has 0 saturated carbocycles. The number of hydrogen-bond acceptors (Lipinski definition) is 4. The van der Waals surface area contributed by atoms with Crippen molar-refractivity contribution in [1.82, 2.24) is 5.32 Å². The Kier molecular flexibility index (Phi) is 5.16. The first-order valence-corrected chi connectivity index (χ1v) is 8.59. The fourth-order valence-electron chi connectivity index (χ4n) is 3.02. The third-order valence-electron chi connectivity index (χ3n) is 4.58. The molecule has 3 rings (SSSR count). The van der Waals surface area contributed by atoms with Gasteiger partial charge in [-0.2, -0.15) is 0 Å². The zero-order valence-electron chi connectivity index (χ0n) is 15.5. The van der Waals surface area contributed by atoms with Crippen molar-refractivity contribution in [2.45, 2.75) is 26.3 Å². The predicted molar refractivity (Wildman–Crippen MR) is 101 cm³/mol. The van der Waals surface area contributed by atoms with Crippen LogP contribution in [0.5, 0.6) is 11.5 Å². The Balaban J connectivity index is 1.85. The number of ether oxygens (including phenoxy) is 2. The van der Waals surface area contributed by atoms with E-state index in [0.717, 1.165) is 34.4 Å². The SMILES string of the molecule is CC[C@@H](NC(=O)c1oc2ccc(OC)cc2c1C)c1ccc(OC)cc1. The third kappa shape index (κ3) is 3.38. The summed E-state index contributed by atoms with van der Waals surface area (Å²) in [6, 6.07) is 13.1. The van der Waals surface area contributed by atoms with Gasteiger partial charge in [0.25, 0.3) is 5.91 Å². The Labute approximate surface area is 152 Å². The van der Waals surface area contributed by atoms with Gasteiger partial charge in [0, 0.05) is 10.9 Å². The van der Waals surface area contributed by atoms with Gasteiger partial charge in [-0.3, -0.25) is 4.79 Å². The first kappa shape index (κ1) is 17.9. The van der Waals surface area contributed by atoms with Gasteiger partial charge in [0.1, 0.15) is 17.1 Å². The standard InChI is InChI=1S/C21H23NO4/c1-5-18(14-6-8-15(24-3)9-7-14)22-21(23)20-13(2)17-12-16(25-4)10-11-19(17)26-20/h6-12,18H,5H2,1-4H3,(H,22,23)/t18-/m1/s1. The molecule has 0 spiro atoms. The molecule has 5 nitrogen and oxygen atoms in total. The summed E-state index contributed by atoms with van der Waals surface area (Å²) in [5.74, 6) is 1.63. The maximum absolute atomic E-state index is 12.8. The van der Waals surface area contributed by atoms with Crippen molar-refractivity contribution in [1.29, 1.82) is 0 Å². The van der Waals surface area contributed by atoms with Crippen LogP contribution in [0.4, 0.5) is 0 Å². The molecule has 1 N–H and O–H groups in total. The van der Waals surface area contributed by atoms with Crippen LogP contribution in [0, 0.1) is 6.92 Å². The zero-order chi connectivity index (χ0) is 18.7. The van der Waals surface area contributed by atoms with E-state index < -0.39 is 0 Å². The molecule has 1 amide bonds. The lowest BCUT2D eigenvalue weighted by atomic mass is 10.0. The van der Waals surface area contributed by atoms with Crippen LogP contribution in [-0.4, -0.2) is 20.1 Å². The average molecular weight is 353 g/mol. The second-order valence-corrected chi connectivity index (χ2v) is 6.13. The first-order valence-electron chi connectivity index (χ1n) is 8.59. The Morgan fingerprint density at radius 2 is 1.73 bits per heavy atom. The van der Waals surface area contributed by atoms with Gasteiger partial charge < -0.3 is 19.2 Å². The Hall–Kier alpha value is -2.95. The number of aryl methyl sites for hydroxylation is 1. The lowest BCUT2D eigenvalue weighted by molar-refractivity contribution is 0.0909. The molecule has 0 saturated heterocycles. The van der Waals surface area contributed by atoms with Crippen LogP contribution >= 0.6 is 0 Å². The van der Waals surface area contributed by atoms with Crippen LogP contribution in [0.15, 0.2) is 46.9 Å². The molecule has 136 valence electrons. The van der Waals surface area contributed by atoms with E-state index >= 15 is 0 Å². The number of rotatable bonds is 6. The highest BCUT2D eigenvalue weighted by molar-refractivity contribution is 5.99. The normalized spacial score (nSPS) is 12.0. The van der Waals surface area contributed by atoms with E-state index in [1.807, 2.05) is 56.3 Å². The molecule has 26 heavy (non-hydrogen) atoms. The fraction of sp³-hybridized carbons (Fsp3) is 0.286. The minimum Gasteiger partial charge on any atom is -0.497 e. The summed E-state index contributed by atoms with van der Waals surface area (Å²) in [4.78, 5) is 12.8. The quantitative estimate of drug-likeness (QED) is 0.701. The van der Waals surface area contributed by atoms with Gasteiger partial charge in [-0.05, 0) is 49.2 Å². The fourth-order valence-corrected chi connectivity index (χ4v) is 3.02. The maximum atomic E-state index is 12.8. The van der Waals surface area contributed by atoms with E-state index in [1.54, 1.807) is 14.2 Å². The summed E-state index contributed by atoms with van der Waals surface area (Å²) in [5.41, 5.74) is 2.50. The number of nitrogens with one attached hydrogen (secondary N) is 1. The Morgan fingerprint density at radius 1 is 1.08 bits per heavy atom. The molecular weight excluding hydrogens is 330 g/mol.